The van der Waals surface area contributed by atoms with Crippen molar-refractivity contribution in [3.05, 3.63) is 41.3 Å². The fourth-order valence-electron chi connectivity index (χ4n) is 3.58. The number of anilines is 1. The van der Waals surface area contributed by atoms with E-state index in [2.05, 4.69) is 22.3 Å². The molecule has 0 spiro atoms. The van der Waals surface area contributed by atoms with E-state index in [1.54, 1.807) is 41.6 Å². The molecular weight excluding hydrogens is 416 g/mol. The zero-order valence-electron chi connectivity index (χ0n) is 17.9. The summed E-state index contributed by atoms with van der Waals surface area (Å²) in [7, 11) is -3.49. The Balaban J connectivity index is 1.44. The number of amides is 1. The van der Waals surface area contributed by atoms with E-state index in [1.165, 1.54) is 0 Å². The maximum absolute atomic E-state index is 12.9. The fourth-order valence-corrected chi connectivity index (χ4v) is 5.00. The average Bonchev–Trinajstić information content (AvgIpc) is 3.58. The molecule has 0 radical (unpaired) electrons. The number of sulfonamides is 1. The highest BCUT2D eigenvalue weighted by Crippen LogP contribution is 2.32. The first-order chi connectivity index (χ1) is 14.9. The topological polar surface area (TPSA) is 95.8 Å². The number of carbonyl (C=O) groups excluding carboxylic acids is 1. The van der Waals surface area contributed by atoms with Crippen molar-refractivity contribution in [3.8, 4) is 0 Å². The van der Waals surface area contributed by atoms with Crippen LogP contribution in [0.1, 0.15) is 36.8 Å². The molecule has 9 heteroatoms. The molecule has 166 valence electrons. The minimum Gasteiger partial charge on any atom is -0.354 e. The summed E-state index contributed by atoms with van der Waals surface area (Å²) in [6, 6.07) is 6.78. The number of piperazine rings is 1. The molecule has 1 aliphatic carbocycles. The van der Waals surface area contributed by atoms with E-state index >= 15 is 0 Å². The lowest BCUT2D eigenvalue weighted by Gasteiger charge is -2.33. The van der Waals surface area contributed by atoms with Crippen molar-refractivity contribution in [2.75, 3.05) is 38.0 Å². The zero-order chi connectivity index (χ0) is 22.0. The molecule has 0 unspecified atom stereocenters. The highest BCUT2D eigenvalue weighted by atomic mass is 32.2. The lowest BCUT2D eigenvalue weighted by atomic mass is 10.2. The largest absolute Gasteiger partial charge is 0.354 e. The molecule has 31 heavy (non-hydrogen) atoms. The molecule has 0 atom stereocenters. The Morgan fingerprint density at radius 1 is 1.16 bits per heavy atom. The molecule has 2 fully saturated rings. The Kier molecular flexibility index (Phi) is 6.27. The normalized spacial score (nSPS) is 18.5. The molecule has 1 aromatic carbocycles. The Morgan fingerprint density at radius 3 is 2.45 bits per heavy atom. The number of nitrogens with one attached hydrogen (secondary N) is 1. The van der Waals surface area contributed by atoms with Crippen molar-refractivity contribution in [2.24, 2.45) is 5.92 Å². The number of hydrogen-bond acceptors (Lipinski definition) is 6. The van der Waals surface area contributed by atoms with Crippen LogP contribution in [-0.4, -0.2) is 61.4 Å². The first kappa shape index (κ1) is 21.7. The predicted octanol–water partition coefficient (Wildman–Crippen LogP) is 2.83. The van der Waals surface area contributed by atoms with Crippen molar-refractivity contribution in [3.63, 3.8) is 0 Å². The lowest BCUT2D eigenvalue weighted by molar-refractivity contribution is -0.117. The summed E-state index contributed by atoms with van der Waals surface area (Å²) in [5.74, 6) is 0.554. The van der Waals surface area contributed by atoms with Crippen LogP contribution in [0.15, 0.2) is 33.7 Å². The molecule has 1 amide bonds. The number of hydrogen-bond donors (Lipinski definition) is 1. The SMILES string of the molecule is CCN1CCN(S(=O)(=O)c2ccc(/C=C\c3onc(C)c3NC(=O)C3CC3)cc2)CC1. The molecule has 1 saturated carbocycles. The van der Waals surface area contributed by atoms with E-state index in [0.29, 0.717) is 35.1 Å². The van der Waals surface area contributed by atoms with Crippen LogP contribution in [0.2, 0.25) is 0 Å². The number of carbonyl (C=O) groups is 1. The first-order valence-corrected chi connectivity index (χ1v) is 12.1. The van der Waals surface area contributed by atoms with Crippen molar-refractivity contribution < 1.29 is 17.7 Å². The van der Waals surface area contributed by atoms with Crippen LogP contribution in [-0.2, 0) is 14.8 Å². The van der Waals surface area contributed by atoms with Gasteiger partial charge >= 0.3 is 0 Å². The van der Waals surface area contributed by atoms with Crippen molar-refractivity contribution in [2.45, 2.75) is 31.6 Å². The Hall–Kier alpha value is -2.49. The van der Waals surface area contributed by atoms with Crippen LogP contribution in [0.25, 0.3) is 12.2 Å². The summed E-state index contributed by atoms with van der Waals surface area (Å²) in [6.07, 6.45) is 5.38. The van der Waals surface area contributed by atoms with Crippen molar-refractivity contribution in [1.29, 1.82) is 0 Å². The molecule has 1 aromatic heterocycles. The molecule has 2 heterocycles. The third-order valence-electron chi connectivity index (χ3n) is 5.81. The van der Waals surface area contributed by atoms with Gasteiger partial charge in [0.1, 0.15) is 11.4 Å². The van der Waals surface area contributed by atoms with Gasteiger partial charge in [0, 0.05) is 32.1 Å². The van der Waals surface area contributed by atoms with Crippen LogP contribution in [0.3, 0.4) is 0 Å². The minimum absolute atomic E-state index is 0.00437. The molecule has 1 saturated heterocycles. The zero-order valence-corrected chi connectivity index (χ0v) is 18.7. The number of rotatable bonds is 7. The summed E-state index contributed by atoms with van der Waals surface area (Å²) in [5, 5.41) is 6.84. The van der Waals surface area contributed by atoms with Gasteiger partial charge in [0.25, 0.3) is 0 Å². The molecule has 0 bridgehead atoms. The van der Waals surface area contributed by atoms with Gasteiger partial charge in [-0.3, -0.25) is 4.79 Å². The molecular formula is C22H28N4O4S. The Bertz CT molecular complexity index is 1060. The van der Waals surface area contributed by atoms with Gasteiger partial charge in [-0.05, 0) is 50.1 Å². The maximum Gasteiger partial charge on any atom is 0.243 e. The van der Waals surface area contributed by atoms with E-state index in [1.807, 2.05) is 6.08 Å². The summed E-state index contributed by atoms with van der Waals surface area (Å²) >= 11 is 0. The monoisotopic (exact) mass is 444 g/mol. The third kappa shape index (κ3) is 4.89. The quantitative estimate of drug-likeness (QED) is 0.706. The number of aryl methyl sites for hydroxylation is 1. The molecule has 4 rings (SSSR count). The second-order valence-corrected chi connectivity index (χ2v) is 9.95. The van der Waals surface area contributed by atoms with Crippen LogP contribution in [0.5, 0.6) is 0 Å². The predicted molar refractivity (Wildman–Crippen MR) is 119 cm³/mol. The van der Waals surface area contributed by atoms with E-state index in [9.17, 15) is 13.2 Å². The molecule has 2 aliphatic rings. The lowest BCUT2D eigenvalue weighted by Crippen LogP contribution is -2.48. The second-order valence-electron chi connectivity index (χ2n) is 8.01. The maximum atomic E-state index is 12.9. The highest BCUT2D eigenvalue weighted by molar-refractivity contribution is 7.89. The van der Waals surface area contributed by atoms with Crippen LogP contribution in [0.4, 0.5) is 5.69 Å². The standard InChI is InChI=1S/C22H28N4O4S/c1-3-25-12-14-26(15-13-25)31(28,29)19-9-4-17(5-10-19)6-11-20-21(16(2)24-30-20)23-22(27)18-7-8-18/h4-6,9-11,18H,3,7-8,12-15H2,1-2H3,(H,23,27)/b11-6-. The highest BCUT2D eigenvalue weighted by Gasteiger charge is 2.31. The fraction of sp³-hybridized carbons (Fsp3) is 0.455. The van der Waals surface area contributed by atoms with Gasteiger partial charge in [-0.2, -0.15) is 4.31 Å². The van der Waals surface area contributed by atoms with Gasteiger partial charge in [0.15, 0.2) is 5.76 Å². The summed E-state index contributed by atoms with van der Waals surface area (Å²) in [6.45, 7) is 7.34. The van der Waals surface area contributed by atoms with Crippen molar-refractivity contribution in [1.82, 2.24) is 14.4 Å². The van der Waals surface area contributed by atoms with Gasteiger partial charge in [-0.15, -0.1) is 0 Å². The van der Waals surface area contributed by atoms with Gasteiger partial charge < -0.3 is 14.7 Å². The van der Waals surface area contributed by atoms with Gasteiger partial charge in [-0.1, -0.05) is 30.3 Å². The second kappa shape index (κ2) is 8.94. The number of likely N-dealkylation sites (N-methyl/N-ethyl adjacent to an activating group) is 1. The van der Waals surface area contributed by atoms with E-state index < -0.39 is 10.0 Å². The summed E-state index contributed by atoms with van der Waals surface area (Å²) < 4.78 is 32.7. The smallest absolute Gasteiger partial charge is 0.243 e. The van der Waals surface area contributed by atoms with Gasteiger partial charge in [-0.25, -0.2) is 8.42 Å². The van der Waals surface area contributed by atoms with Crippen LogP contribution >= 0.6 is 0 Å². The Morgan fingerprint density at radius 2 is 1.84 bits per heavy atom. The van der Waals surface area contributed by atoms with E-state index in [0.717, 1.165) is 38.0 Å². The Labute approximate surface area is 182 Å². The summed E-state index contributed by atoms with van der Waals surface area (Å²) in [5.41, 5.74) is 2.03. The third-order valence-corrected chi connectivity index (χ3v) is 7.72. The summed E-state index contributed by atoms with van der Waals surface area (Å²) in [4.78, 5) is 14.6. The van der Waals surface area contributed by atoms with E-state index in [-0.39, 0.29) is 11.8 Å². The van der Waals surface area contributed by atoms with Crippen LogP contribution in [0, 0.1) is 12.8 Å². The number of aromatic nitrogens is 1. The van der Waals surface area contributed by atoms with Crippen molar-refractivity contribution >= 4 is 33.8 Å². The van der Waals surface area contributed by atoms with Gasteiger partial charge in [0.2, 0.25) is 15.9 Å². The first-order valence-electron chi connectivity index (χ1n) is 10.7. The minimum atomic E-state index is -3.49. The number of nitrogens with zero attached hydrogens (tertiary/aromatic N) is 3. The molecule has 2 aromatic rings. The molecule has 1 aliphatic heterocycles. The number of benzene rings is 1. The average molecular weight is 445 g/mol. The van der Waals surface area contributed by atoms with Gasteiger partial charge in [0.05, 0.1) is 4.90 Å². The molecule has 1 N–H and O–H groups in total. The molecule has 8 nitrogen and oxygen atoms in total. The van der Waals surface area contributed by atoms with E-state index in [4.69, 9.17) is 4.52 Å². The van der Waals surface area contributed by atoms with Crippen LogP contribution < -0.4 is 5.32 Å².